The summed E-state index contributed by atoms with van der Waals surface area (Å²) in [7, 11) is 0. The zero-order valence-electron chi connectivity index (χ0n) is 17.9. The summed E-state index contributed by atoms with van der Waals surface area (Å²) in [5.41, 5.74) is 5.20. The summed E-state index contributed by atoms with van der Waals surface area (Å²) in [4.78, 5) is 12.3. The van der Waals surface area contributed by atoms with Crippen LogP contribution in [0, 0.1) is 10.8 Å². The van der Waals surface area contributed by atoms with Gasteiger partial charge in [-0.05, 0) is 47.4 Å². The Morgan fingerprint density at radius 3 is 2.14 bits per heavy atom. The third-order valence-electron chi connectivity index (χ3n) is 5.30. The van der Waals surface area contributed by atoms with E-state index in [4.69, 9.17) is 5.41 Å². The topological polar surface area (TPSA) is 40.9 Å². The molecule has 0 bridgehead atoms. The first-order valence-electron chi connectivity index (χ1n) is 10.1. The largest absolute Gasteiger partial charge is 0.305 e. The molecule has 0 fully saturated rings. The average molecular weight is 376 g/mol. The maximum Gasteiger partial charge on any atom is 0.143 e. The lowest BCUT2D eigenvalue weighted by atomic mass is 9.86. The van der Waals surface area contributed by atoms with E-state index in [1.807, 2.05) is 31.2 Å². The number of allylic oxidation sites excluding steroid dienone is 2. The third kappa shape index (κ3) is 6.92. The molecule has 2 aromatic rings. The molecule has 0 aliphatic rings. The quantitative estimate of drug-likeness (QED) is 0.522. The summed E-state index contributed by atoms with van der Waals surface area (Å²) in [5.74, 6) is 0.556. The second-order valence-electron chi connectivity index (χ2n) is 8.83. The number of rotatable bonds is 8. The van der Waals surface area contributed by atoms with Crippen molar-refractivity contribution in [3.05, 3.63) is 82.9 Å². The fourth-order valence-corrected chi connectivity index (χ4v) is 3.08. The summed E-state index contributed by atoms with van der Waals surface area (Å²) in [5, 5.41) is 8.09. The molecule has 1 unspecified atom stereocenters. The standard InChI is InChI=1S/C26H33NO/c1-19(23-9-7-6-8-10-23)15-21-11-13-22(14-12-21)17-25(28)18-24(27)16-20(2)26(3,4)5/h6-14,16,19,27H,15,17-18H2,1-5H3/b20-16+,27-24?. The fourth-order valence-electron chi connectivity index (χ4n) is 3.08. The Morgan fingerprint density at radius 2 is 1.57 bits per heavy atom. The van der Waals surface area contributed by atoms with Crippen molar-refractivity contribution in [3.8, 4) is 0 Å². The summed E-state index contributed by atoms with van der Waals surface area (Å²) in [6, 6.07) is 18.9. The van der Waals surface area contributed by atoms with Crippen LogP contribution >= 0.6 is 0 Å². The lowest BCUT2D eigenvalue weighted by Crippen LogP contribution is -2.12. The number of nitrogens with one attached hydrogen (secondary N) is 1. The van der Waals surface area contributed by atoms with Gasteiger partial charge in [-0.1, -0.05) is 87.9 Å². The van der Waals surface area contributed by atoms with Crippen LogP contribution in [0.15, 0.2) is 66.2 Å². The molecule has 1 N–H and O–H groups in total. The van der Waals surface area contributed by atoms with Crippen LogP contribution in [-0.4, -0.2) is 11.5 Å². The Hall–Kier alpha value is -2.48. The van der Waals surface area contributed by atoms with E-state index in [9.17, 15) is 4.79 Å². The minimum absolute atomic E-state index is 0.0298. The Balaban J connectivity index is 1.90. The van der Waals surface area contributed by atoms with Crippen LogP contribution in [0.25, 0.3) is 0 Å². The van der Waals surface area contributed by atoms with Crippen LogP contribution < -0.4 is 0 Å². The highest BCUT2D eigenvalue weighted by molar-refractivity contribution is 6.06. The van der Waals surface area contributed by atoms with Gasteiger partial charge in [-0.2, -0.15) is 0 Å². The molecule has 2 heteroatoms. The van der Waals surface area contributed by atoms with E-state index in [1.165, 1.54) is 11.1 Å². The second kappa shape index (κ2) is 9.64. The molecule has 0 saturated carbocycles. The minimum Gasteiger partial charge on any atom is -0.305 e. The number of ketones is 1. The molecule has 0 spiro atoms. The smallest absolute Gasteiger partial charge is 0.143 e. The zero-order valence-corrected chi connectivity index (χ0v) is 17.9. The van der Waals surface area contributed by atoms with Crippen molar-refractivity contribution in [2.24, 2.45) is 5.41 Å². The lowest BCUT2D eigenvalue weighted by Gasteiger charge is -2.19. The average Bonchev–Trinajstić information content (AvgIpc) is 2.63. The van der Waals surface area contributed by atoms with Gasteiger partial charge in [0.2, 0.25) is 0 Å². The molecule has 2 nitrogen and oxygen atoms in total. The molecule has 0 aliphatic carbocycles. The zero-order chi connectivity index (χ0) is 20.7. The van der Waals surface area contributed by atoms with Gasteiger partial charge in [-0.25, -0.2) is 0 Å². The van der Waals surface area contributed by atoms with Gasteiger partial charge < -0.3 is 5.41 Å². The van der Waals surface area contributed by atoms with Crippen LogP contribution in [0.5, 0.6) is 0 Å². The van der Waals surface area contributed by atoms with Gasteiger partial charge in [0.05, 0.1) is 0 Å². The first kappa shape index (κ1) is 21.8. The summed E-state index contributed by atoms with van der Waals surface area (Å²) < 4.78 is 0. The first-order valence-corrected chi connectivity index (χ1v) is 10.1. The fraction of sp³-hybridized carbons (Fsp3) is 0.385. The van der Waals surface area contributed by atoms with E-state index < -0.39 is 0 Å². The van der Waals surface area contributed by atoms with Crippen LogP contribution in [0.2, 0.25) is 0 Å². The second-order valence-corrected chi connectivity index (χ2v) is 8.83. The van der Waals surface area contributed by atoms with Crippen LogP contribution in [0.3, 0.4) is 0 Å². The highest BCUT2D eigenvalue weighted by Gasteiger charge is 2.14. The van der Waals surface area contributed by atoms with Crippen molar-refractivity contribution in [2.75, 3.05) is 0 Å². The van der Waals surface area contributed by atoms with E-state index in [0.717, 1.165) is 17.6 Å². The van der Waals surface area contributed by atoms with Crippen molar-refractivity contribution in [2.45, 2.75) is 59.8 Å². The highest BCUT2D eigenvalue weighted by Crippen LogP contribution is 2.24. The number of Topliss-reactive ketones (excluding diaryl/α,β-unsaturated/α-hetero) is 1. The van der Waals surface area contributed by atoms with Gasteiger partial charge in [0.15, 0.2) is 0 Å². The number of hydrogen-bond acceptors (Lipinski definition) is 2. The number of carbonyl (C=O) groups is 1. The van der Waals surface area contributed by atoms with E-state index in [2.05, 4.69) is 64.1 Å². The minimum atomic E-state index is 0.0298. The van der Waals surface area contributed by atoms with Crippen LogP contribution in [0.4, 0.5) is 0 Å². The van der Waals surface area contributed by atoms with Crippen molar-refractivity contribution in [1.82, 2.24) is 0 Å². The molecule has 1 atom stereocenters. The molecule has 0 amide bonds. The Labute approximate surface area is 170 Å². The number of benzene rings is 2. The highest BCUT2D eigenvalue weighted by atomic mass is 16.1. The molecular formula is C26H33NO. The number of hydrogen-bond donors (Lipinski definition) is 1. The molecule has 0 aromatic heterocycles. The Bertz CT molecular complexity index is 823. The molecule has 0 radical (unpaired) electrons. The normalized spacial score (nSPS) is 13.2. The summed E-state index contributed by atoms with van der Waals surface area (Å²) in [6.07, 6.45) is 3.41. The molecule has 0 aliphatic heterocycles. The molecule has 2 rings (SSSR count). The summed E-state index contributed by atoms with van der Waals surface area (Å²) >= 11 is 0. The predicted octanol–water partition coefficient (Wildman–Crippen LogP) is 6.55. The third-order valence-corrected chi connectivity index (χ3v) is 5.30. The van der Waals surface area contributed by atoms with Gasteiger partial charge in [0.1, 0.15) is 5.78 Å². The summed E-state index contributed by atoms with van der Waals surface area (Å²) in [6.45, 7) is 10.6. The lowest BCUT2D eigenvalue weighted by molar-refractivity contribution is -0.117. The maximum atomic E-state index is 12.3. The van der Waals surface area contributed by atoms with Crippen molar-refractivity contribution >= 4 is 11.5 Å². The molecule has 0 saturated heterocycles. The number of carbonyl (C=O) groups excluding carboxylic acids is 1. The van der Waals surface area contributed by atoms with Crippen LogP contribution in [0.1, 0.15) is 63.6 Å². The first-order chi connectivity index (χ1) is 13.1. The van der Waals surface area contributed by atoms with Crippen LogP contribution in [-0.2, 0) is 17.6 Å². The molecule has 0 heterocycles. The van der Waals surface area contributed by atoms with Gasteiger partial charge in [-0.3, -0.25) is 4.79 Å². The van der Waals surface area contributed by atoms with Gasteiger partial charge in [0.25, 0.3) is 0 Å². The van der Waals surface area contributed by atoms with Crippen molar-refractivity contribution < 1.29 is 4.79 Å². The maximum absolute atomic E-state index is 12.3. The van der Waals surface area contributed by atoms with Gasteiger partial charge in [0, 0.05) is 18.6 Å². The predicted molar refractivity (Wildman–Crippen MR) is 119 cm³/mol. The van der Waals surface area contributed by atoms with Crippen molar-refractivity contribution in [3.63, 3.8) is 0 Å². The van der Waals surface area contributed by atoms with E-state index in [0.29, 0.717) is 18.1 Å². The van der Waals surface area contributed by atoms with E-state index in [1.54, 1.807) is 0 Å². The van der Waals surface area contributed by atoms with Gasteiger partial charge >= 0.3 is 0 Å². The van der Waals surface area contributed by atoms with Gasteiger partial charge in [-0.15, -0.1) is 0 Å². The molecule has 148 valence electrons. The Kier molecular flexibility index (Phi) is 7.51. The SMILES string of the molecule is C/C(=C\C(=N)CC(=O)Cc1ccc(CC(C)c2ccccc2)cc1)C(C)(C)C. The van der Waals surface area contributed by atoms with E-state index in [-0.39, 0.29) is 17.6 Å². The monoisotopic (exact) mass is 375 g/mol. The van der Waals surface area contributed by atoms with Crippen molar-refractivity contribution in [1.29, 1.82) is 5.41 Å². The molecular weight excluding hydrogens is 342 g/mol. The molecule has 2 aromatic carbocycles. The van der Waals surface area contributed by atoms with E-state index >= 15 is 0 Å². The Morgan fingerprint density at radius 1 is 1.00 bits per heavy atom. The molecule has 28 heavy (non-hydrogen) atoms.